The number of fused-ring (bicyclic) bond motifs is 1. The first-order valence-electron chi connectivity index (χ1n) is 13.8. The van der Waals surface area contributed by atoms with Gasteiger partial charge in [0.25, 0.3) is 5.91 Å². The van der Waals surface area contributed by atoms with Gasteiger partial charge < -0.3 is 34.6 Å². The van der Waals surface area contributed by atoms with Crippen molar-refractivity contribution < 1.29 is 33.3 Å². The number of alkyl carbamates (subject to hydrolysis) is 1. The van der Waals surface area contributed by atoms with Gasteiger partial charge in [0.1, 0.15) is 22.6 Å². The van der Waals surface area contributed by atoms with Crippen LogP contribution in [-0.2, 0) is 27.3 Å². The number of primary amides is 1. The van der Waals surface area contributed by atoms with E-state index in [4.69, 9.17) is 24.7 Å². The smallest absolute Gasteiger partial charge is 0.407 e. The number of ether oxygens (including phenoxy) is 4. The molecule has 13 nitrogen and oxygen atoms in total. The Balaban J connectivity index is 2.05. The number of benzene rings is 1. The predicted molar refractivity (Wildman–Crippen MR) is 162 cm³/mol. The van der Waals surface area contributed by atoms with E-state index in [2.05, 4.69) is 15.4 Å². The zero-order valence-electron chi connectivity index (χ0n) is 25.6. The van der Waals surface area contributed by atoms with Crippen LogP contribution >= 0.6 is 11.3 Å². The quantitative estimate of drug-likeness (QED) is 0.218. The molecule has 0 radical (unpaired) electrons. The van der Waals surface area contributed by atoms with E-state index in [1.807, 2.05) is 24.5 Å². The molecule has 3 N–H and O–H groups in total. The van der Waals surface area contributed by atoms with Gasteiger partial charge in [0.05, 0.1) is 17.0 Å². The lowest BCUT2D eigenvalue weighted by molar-refractivity contribution is -0.110. The van der Waals surface area contributed by atoms with Gasteiger partial charge in [-0.2, -0.15) is 10.1 Å². The van der Waals surface area contributed by atoms with Crippen LogP contribution in [0.5, 0.6) is 5.75 Å². The van der Waals surface area contributed by atoms with Crippen molar-refractivity contribution in [2.24, 2.45) is 10.7 Å². The van der Waals surface area contributed by atoms with Crippen LogP contribution in [0.15, 0.2) is 35.3 Å². The second kappa shape index (κ2) is 14.9. The number of allylic oxidation sites excluding steroid dienone is 1. The summed E-state index contributed by atoms with van der Waals surface area (Å²) in [6.07, 6.45) is 3.01. The number of nitrogens with zero attached hydrogens (tertiary/aromatic N) is 4. The first-order chi connectivity index (χ1) is 20.4. The van der Waals surface area contributed by atoms with Crippen molar-refractivity contribution in [1.82, 2.24) is 19.7 Å². The van der Waals surface area contributed by atoms with Gasteiger partial charge in [-0.25, -0.2) is 4.79 Å². The molecule has 2 aromatic heterocycles. The molecule has 0 aliphatic heterocycles. The lowest BCUT2D eigenvalue weighted by Crippen LogP contribution is -2.32. The summed E-state index contributed by atoms with van der Waals surface area (Å²) in [6.45, 7) is 10.3. The van der Waals surface area contributed by atoms with Crippen molar-refractivity contribution in [2.45, 2.75) is 66.0 Å². The minimum atomic E-state index is -0.622. The van der Waals surface area contributed by atoms with Gasteiger partial charge >= 0.3 is 6.09 Å². The van der Waals surface area contributed by atoms with Crippen LogP contribution in [0.3, 0.4) is 0 Å². The Morgan fingerprint density at radius 1 is 1.16 bits per heavy atom. The molecule has 0 atom stereocenters. The van der Waals surface area contributed by atoms with E-state index < -0.39 is 29.8 Å². The zero-order valence-corrected chi connectivity index (χ0v) is 26.4. The number of carbonyl (C=O) groups is 3. The van der Waals surface area contributed by atoms with Crippen LogP contribution in [0, 0.1) is 6.92 Å². The minimum absolute atomic E-state index is 0.218. The number of hydrogen-bond acceptors (Lipinski definition) is 9. The van der Waals surface area contributed by atoms with Gasteiger partial charge in [0, 0.05) is 45.8 Å². The van der Waals surface area contributed by atoms with Crippen LogP contribution in [-0.4, -0.2) is 71.5 Å². The fourth-order valence-corrected chi connectivity index (χ4v) is 5.19. The van der Waals surface area contributed by atoms with Gasteiger partial charge in [-0.15, -0.1) is 0 Å². The third-order valence-electron chi connectivity index (χ3n) is 6.00. The van der Waals surface area contributed by atoms with Gasteiger partial charge in [-0.05, 0) is 52.8 Å². The summed E-state index contributed by atoms with van der Waals surface area (Å²) in [5, 5.41) is 7.03. The van der Waals surface area contributed by atoms with E-state index in [9.17, 15) is 14.4 Å². The second-order valence-corrected chi connectivity index (χ2v) is 11.5. The Morgan fingerprint density at radius 3 is 2.51 bits per heavy atom. The van der Waals surface area contributed by atoms with E-state index in [0.29, 0.717) is 45.1 Å². The fraction of sp³-hybridized carbons (Fsp3) is 0.483. The molecule has 3 aromatic rings. The number of carbonyl (C=O) groups excluding carboxylic acids is 3. The number of hydrogen-bond donors (Lipinski definition) is 2. The summed E-state index contributed by atoms with van der Waals surface area (Å²) in [7, 11) is 3.07. The molecule has 0 unspecified atom stereocenters. The summed E-state index contributed by atoms with van der Waals surface area (Å²) < 4.78 is 25.9. The molecule has 0 bridgehead atoms. The number of nitrogens with two attached hydrogens (primary N) is 1. The highest BCUT2D eigenvalue weighted by atomic mass is 32.1. The number of nitrogens with one attached hydrogen (secondary N) is 1. The fourth-order valence-electron chi connectivity index (χ4n) is 4.10. The van der Waals surface area contributed by atoms with E-state index in [1.165, 1.54) is 25.6 Å². The van der Waals surface area contributed by atoms with E-state index in [0.717, 1.165) is 0 Å². The summed E-state index contributed by atoms with van der Waals surface area (Å²) >= 11 is 1.22. The summed E-state index contributed by atoms with van der Waals surface area (Å²) in [5.41, 5.74) is 6.96. The van der Waals surface area contributed by atoms with Crippen molar-refractivity contribution in [2.75, 3.05) is 27.4 Å². The molecule has 2 heterocycles. The molecular formula is C29H40N6O7S. The first-order valence-corrected chi connectivity index (χ1v) is 14.6. The van der Waals surface area contributed by atoms with Crippen LogP contribution < -0.4 is 20.6 Å². The minimum Gasteiger partial charge on any atom is -0.491 e. The van der Waals surface area contributed by atoms with Crippen LogP contribution in [0.2, 0.25) is 0 Å². The third-order valence-corrected chi connectivity index (χ3v) is 7.02. The van der Waals surface area contributed by atoms with Gasteiger partial charge in [0.15, 0.2) is 11.1 Å². The van der Waals surface area contributed by atoms with Crippen molar-refractivity contribution in [3.05, 3.63) is 52.1 Å². The number of methoxy groups -OCH3 is 2. The maximum atomic E-state index is 13.3. The maximum Gasteiger partial charge on any atom is 0.407 e. The highest BCUT2D eigenvalue weighted by Crippen LogP contribution is 2.30. The normalized spacial score (nSPS) is 12.4. The SMILES string of the molecule is CCn1nc(C)cc1C(=O)N=c1sc2cc(C(N)=O)cc(OCCC(OC)OC)c2n1C/C=C/CNC(=O)OC(C)(C)C. The zero-order chi connectivity index (χ0) is 31.7. The molecule has 14 heteroatoms. The van der Waals surface area contributed by atoms with Crippen LogP contribution in [0.25, 0.3) is 10.2 Å². The highest BCUT2D eigenvalue weighted by Gasteiger charge is 2.19. The average Bonchev–Trinajstić information content (AvgIpc) is 3.49. The third kappa shape index (κ3) is 9.24. The van der Waals surface area contributed by atoms with E-state index >= 15 is 0 Å². The van der Waals surface area contributed by atoms with Crippen molar-refractivity contribution in [3.8, 4) is 5.75 Å². The van der Waals surface area contributed by atoms with Crippen molar-refractivity contribution >= 4 is 39.5 Å². The topological polar surface area (TPSA) is 161 Å². The molecule has 0 aliphatic rings. The lowest BCUT2D eigenvalue weighted by atomic mass is 10.2. The maximum absolute atomic E-state index is 13.3. The Morgan fingerprint density at radius 2 is 1.88 bits per heavy atom. The molecule has 0 aliphatic carbocycles. The number of thiazole rings is 1. The molecule has 3 amide bonds. The van der Waals surface area contributed by atoms with E-state index in [1.54, 1.807) is 49.7 Å². The number of amides is 3. The van der Waals surface area contributed by atoms with Gasteiger partial charge in [-0.1, -0.05) is 23.5 Å². The Hall–Kier alpha value is -4.01. The molecule has 0 fully saturated rings. The molecule has 234 valence electrons. The lowest BCUT2D eigenvalue weighted by Gasteiger charge is -2.19. The summed E-state index contributed by atoms with van der Waals surface area (Å²) in [5.74, 6) is -0.695. The largest absolute Gasteiger partial charge is 0.491 e. The molecule has 0 spiro atoms. The molecule has 0 saturated carbocycles. The van der Waals surface area contributed by atoms with E-state index in [-0.39, 0.29) is 25.3 Å². The molecule has 1 aromatic carbocycles. The van der Waals surface area contributed by atoms with Gasteiger partial charge in [0.2, 0.25) is 5.91 Å². The van der Waals surface area contributed by atoms with Crippen molar-refractivity contribution in [3.63, 3.8) is 0 Å². The molecular weight excluding hydrogens is 576 g/mol. The number of rotatable bonds is 13. The van der Waals surface area contributed by atoms with Crippen molar-refractivity contribution in [1.29, 1.82) is 0 Å². The Kier molecular flexibility index (Phi) is 11.6. The monoisotopic (exact) mass is 616 g/mol. The van der Waals surface area contributed by atoms with Crippen LogP contribution in [0.1, 0.15) is 60.7 Å². The Labute approximate surface area is 254 Å². The van der Waals surface area contributed by atoms with Crippen LogP contribution in [0.4, 0.5) is 4.79 Å². The first kappa shape index (κ1) is 33.5. The number of aryl methyl sites for hydroxylation is 2. The number of aromatic nitrogens is 3. The molecule has 3 rings (SSSR count). The van der Waals surface area contributed by atoms with Gasteiger partial charge in [-0.3, -0.25) is 14.3 Å². The second-order valence-electron chi connectivity index (χ2n) is 10.5. The molecule has 43 heavy (non-hydrogen) atoms. The predicted octanol–water partition coefficient (Wildman–Crippen LogP) is 3.54. The molecule has 0 saturated heterocycles. The summed E-state index contributed by atoms with van der Waals surface area (Å²) in [4.78, 5) is 42.3. The highest BCUT2D eigenvalue weighted by molar-refractivity contribution is 7.16. The summed E-state index contributed by atoms with van der Waals surface area (Å²) in [6, 6.07) is 4.91. The average molecular weight is 617 g/mol. The Bertz CT molecular complexity index is 1540. The standard InChI is InChI=1S/C29H40N6O7S/c1-8-35-20(15-18(2)33-35)26(37)32-27-34(13-10-9-12-31-28(38)42-29(3,4)5)24-21(41-14-11-23(39-6)40-7)16-19(25(30)36)17-22(24)43-27/h9-10,15-17,23H,8,11-14H2,1-7H3,(H2,30,36)(H,31,38)/b10-9+,32-27?.